The van der Waals surface area contributed by atoms with E-state index in [4.69, 9.17) is 9.47 Å². The van der Waals surface area contributed by atoms with Crippen molar-refractivity contribution >= 4 is 11.9 Å². The van der Waals surface area contributed by atoms with E-state index in [-0.39, 0.29) is 30.2 Å². The van der Waals surface area contributed by atoms with Crippen LogP contribution in [-0.4, -0.2) is 50.7 Å². The highest BCUT2D eigenvalue weighted by Gasteiger charge is 2.36. The summed E-state index contributed by atoms with van der Waals surface area (Å²) in [6.45, 7) is 6.75. The van der Waals surface area contributed by atoms with Gasteiger partial charge in [-0.05, 0) is 30.5 Å². The van der Waals surface area contributed by atoms with Crippen LogP contribution in [0, 0.1) is 17.7 Å². The van der Waals surface area contributed by atoms with Crippen molar-refractivity contribution in [1.29, 1.82) is 0 Å². The van der Waals surface area contributed by atoms with Gasteiger partial charge < -0.3 is 19.7 Å². The number of aliphatic imine (C=N–C) groups is 1. The molecule has 1 heterocycles. The van der Waals surface area contributed by atoms with Crippen LogP contribution in [0.5, 0.6) is 0 Å². The normalized spacial score (nSPS) is 20.3. The van der Waals surface area contributed by atoms with Crippen LogP contribution in [0.1, 0.15) is 25.0 Å². The summed E-state index contributed by atoms with van der Waals surface area (Å²) in [7, 11) is 2.96. The molecule has 1 aliphatic heterocycles. The highest BCUT2D eigenvalue weighted by atomic mass is 19.1. The van der Waals surface area contributed by atoms with Gasteiger partial charge in [-0.3, -0.25) is 4.79 Å². The molecule has 1 N–H and O–H groups in total. The molecular weight excluding hydrogens is 337 g/mol. The van der Waals surface area contributed by atoms with Crippen molar-refractivity contribution in [3.8, 4) is 0 Å². The first-order valence-electron chi connectivity index (χ1n) is 8.87. The Morgan fingerprint density at radius 3 is 2.81 bits per heavy atom. The smallest absolute Gasteiger partial charge is 0.310 e. The number of nitrogens with zero attached hydrogens (tertiary/aromatic N) is 2. The molecular formula is C19H28FN3O3. The Labute approximate surface area is 154 Å². The zero-order chi connectivity index (χ0) is 19.1. The topological polar surface area (TPSA) is 63.2 Å². The van der Waals surface area contributed by atoms with Gasteiger partial charge in [0.15, 0.2) is 5.96 Å². The lowest BCUT2D eigenvalue weighted by Crippen LogP contribution is -2.40. The SMILES string of the molecule is CCNC(=NCc1ccc(F)c(COC)c1)N1CC(C)C(C(=O)OC)C1. The van der Waals surface area contributed by atoms with Gasteiger partial charge in [-0.15, -0.1) is 0 Å². The minimum absolute atomic E-state index is 0.150. The number of carbonyl (C=O) groups excluding carboxylic acids is 1. The van der Waals surface area contributed by atoms with E-state index in [0.717, 1.165) is 24.6 Å². The third-order valence-corrected chi connectivity index (χ3v) is 4.57. The van der Waals surface area contributed by atoms with Crippen LogP contribution in [0.15, 0.2) is 23.2 Å². The standard InChI is InChI=1S/C19H28FN3O3/c1-5-21-19(23-10-13(2)16(11-23)18(24)26-4)22-9-14-6-7-17(20)15(8-14)12-25-3/h6-8,13,16H,5,9-12H2,1-4H3,(H,21,22). The van der Waals surface area contributed by atoms with E-state index in [1.54, 1.807) is 19.2 Å². The number of benzene rings is 1. The Bertz CT molecular complexity index is 651. The number of esters is 1. The van der Waals surface area contributed by atoms with Gasteiger partial charge in [0.2, 0.25) is 0 Å². The second-order valence-electron chi connectivity index (χ2n) is 6.54. The molecule has 7 heteroatoms. The molecule has 0 aromatic heterocycles. The van der Waals surface area contributed by atoms with E-state index >= 15 is 0 Å². The second-order valence-corrected chi connectivity index (χ2v) is 6.54. The van der Waals surface area contributed by atoms with Crippen LogP contribution in [0.25, 0.3) is 0 Å². The number of halogens is 1. The first-order chi connectivity index (χ1) is 12.5. The number of rotatable bonds is 6. The number of likely N-dealkylation sites (tertiary alicyclic amines) is 1. The van der Waals surface area contributed by atoms with Gasteiger partial charge in [-0.1, -0.05) is 13.0 Å². The van der Waals surface area contributed by atoms with Crippen molar-refractivity contribution in [2.45, 2.75) is 27.0 Å². The van der Waals surface area contributed by atoms with Crippen LogP contribution in [0.3, 0.4) is 0 Å². The lowest BCUT2D eigenvalue weighted by atomic mass is 9.99. The molecule has 1 aliphatic rings. The van der Waals surface area contributed by atoms with E-state index < -0.39 is 0 Å². The fraction of sp³-hybridized carbons (Fsp3) is 0.579. The second kappa shape index (κ2) is 9.52. The maximum atomic E-state index is 13.7. The molecule has 0 radical (unpaired) electrons. The summed E-state index contributed by atoms with van der Waals surface area (Å²) < 4.78 is 23.7. The molecule has 0 amide bonds. The number of methoxy groups -OCH3 is 2. The molecule has 0 bridgehead atoms. The van der Waals surface area contributed by atoms with Crippen molar-refractivity contribution < 1.29 is 18.7 Å². The zero-order valence-electron chi connectivity index (χ0n) is 15.9. The molecule has 26 heavy (non-hydrogen) atoms. The Morgan fingerprint density at radius 2 is 2.15 bits per heavy atom. The average molecular weight is 365 g/mol. The lowest BCUT2D eigenvalue weighted by molar-refractivity contribution is -0.145. The summed E-state index contributed by atoms with van der Waals surface area (Å²) in [6, 6.07) is 4.94. The molecule has 2 unspecified atom stereocenters. The number of nitrogens with one attached hydrogen (secondary N) is 1. The van der Waals surface area contributed by atoms with Crippen LogP contribution in [0.2, 0.25) is 0 Å². The van der Waals surface area contributed by atoms with Crippen molar-refractivity contribution in [2.24, 2.45) is 16.8 Å². The van der Waals surface area contributed by atoms with E-state index in [1.807, 2.05) is 13.8 Å². The molecule has 2 rings (SSSR count). The van der Waals surface area contributed by atoms with Gasteiger partial charge in [0.25, 0.3) is 0 Å². The van der Waals surface area contributed by atoms with Gasteiger partial charge in [-0.25, -0.2) is 9.38 Å². The number of guanidine groups is 1. The highest BCUT2D eigenvalue weighted by Crippen LogP contribution is 2.24. The van der Waals surface area contributed by atoms with E-state index in [9.17, 15) is 9.18 Å². The predicted octanol–water partition coefficient (Wildman–Crippen LogP) is 2.18. The zero-order valence-corrected chi connectivity index (χ0v) is 15.9. The first-order valence-corrected chi connectivity index (χ1v) is 8.87. The molecule has 1 aromatic rings. The lowest BCUT2D eigenvalue weighted by Gasteiger charge is -2.21. The summed E-state index contributed by atoms with van der Waals surface area (Å²) in [6.07, 6.45) is 0. The Hall–Kier alpha value is -2.15. The number of hydrogen-bond donors (Lipinski definition) is 1. The Morgan fingerprint density at radius 1 is 1.38 bits per heavy atom. The molecule has 0 saturated carbocycles. The minimum Gasteiger partial charge on any atom is -0.469 e. The number of ether oxygens (including phenoxy) is 2. The molecule has 1 fully saturated rings. The molecule has 0 spiro atoms. The maximum absolute atomic E-state index is 13.7. The molecule has 0 aliphatic carbocycles. The fourth-order valence-electron chi connectivity index (χ4n) is 3.18. The summed E-state index contributed by atoms with van der Waals surface area (Å²) in [5.74, 6) is 0.344. The van der Waals surface area contributed by atoms with Crippen LogP contribution in [0.4, 0.5) is 4.39 Å². The van der Waals surface area contributed by atoms with Crippen molar-refractivity contribution in [1.82, 2.24) is 10.2 Å². The summed E-state index contributed by atoms with van der Waals surface area (Å²) in [4.78, 5) is 18.6. The Balaban J connectivity index is 2.12. The minimum atomic E-state index is -0.277. The van der Waals surface area contributed by atoms with Crippen LogP contribution >= 0.6 is 0 Å². The van der Waals surface area contributed by atoms with E-state index in [0.29, 0.717) is 18.7 Å². The van der Waals surface area contributed by atoms with Gasteiger partial charge in [-0.2, -0.15) is 0 Å². The van der Waals surface area contributed by atoms with Gasteiger partial charge in [0, 0.05) is 32.3 Å². The van der Waals surface area contributed by atoms with E-state index in [2.05, 4.69) is 15.2 Å². The molecule has 6 nitrogen and oxygen atoms in total. The van der Waals surface area contributed by atoms with Gasteiger partial charge >= 0.3 is 5.97 Å². The number of hydrogen-bond acceptors (Lipinski definition) is 4. The van der Waals surface area contributed by atoms with Gasteiger partial charge in [0.05, 0.1) is 26.2 Å². The highest BCUT2D eigenvalue weighted by molar-refractivity contribution is 5.82. The van der Waals surface area contributed by atoms with Crippen LogP contribution < -0.4 is 5.32 Å². The summed E-state index contributed by atoms with van der Waals surface area (Å²) in [5.41, 5.74) is 1.43. The molecule has 144 valence electrons. The predicted molar refractivity (Wildman–Crippen MR) is 98.2 cm³/mol. The van der Waals surface area contributed by atoms with Crippen molar-refractivity contribution in [2.75, 3.05) is 33.9 Å². The van der Waals surface area contributed by atoms with Crippen LogP contribution in [-0.2, 0) is 27.4 Å². The molecule has 1 saturated heterocycles. The third kappa shape index (κ3) is 4.94. The maximum Gasteiger partial charge on any atom is 0.310 e. The Kier molecular flexibility index (Phi) is 7.38. The molecule has 1 aromatic carbocycles. The largest absolute Gasteiger partial charge is 0.469 e. The quantitative estimate of drug-likeness (QED) is 0.476. The average Bonchev–Trinajstić information content (AvgIpc) is 3.02. The number of carbonyl (C=O) groups is 1. The first kappa shape index (κ1) is 20.2. The third-order valence-electron chi connectivity index (χ3n) is 4.57. The summed E-state index contributed by atoms with van der Waals surface area (Å²) >= 11 is 0. The van der Waals surface area contributed by atoms with E-state index in [1.165, 1.54) is 13.2 Å². The fourth-order valence-corrected chi connectivity index (χ4v) is 3.18. The monoisotopic (exact) mass is 365 g/mol. The van der Waals surface area contributed by atoms with Crippen molar-refractivity contribution in [3.05, 3.63) is 35.1 Å². The van der Waals surface area contributed by atoms with Crippen molar-refractivity contribution in [3.63, 3.8) is 0 Å². The van der Waals surface area contributed by atoms with Gasteiger partial charge in [0.1, 0.15) is 5.82 Å². The molecule has 2 atom stereocenters. The summed E-state index contributed by atoms with van der Waals surface area (Å²) in [5, 5.41) is 3.27.